The van der Waals surface area contributed by atoms with E-state index in [0.717, 1.165) is 12.8 Å². The van der Waals surface area contributed by atoms with Crippen molar-refractivity contribution in [1.29, 1.82) is 0 Å². The fraction of sp³-hybridized carbons (Fsp3) is 0.812. The highest BCUT2D eigenvalue weighted by Crippen LogP contribution is 2.50. The van der Waals surface area contributed by atoms with E-state index < -0.39 is 0 Å². The standard InChI is InChI=1S/C15H22O3.CH4O2/c1-8-4-6-12-10(3)14(16)18-15-13(12)11(8)7-5-9(2)17-15;1-3-2/h8-9,11-13,15H,3-7H2,1-2H3;2H,1H3/t8-,9?,11?,12?,13?,15?;/m1./s1. The summed E-state index contributed by atoms with van der Waals surface area (Å²) in [6.07, 6.45) is 4.36. The van der Waals surface area contributed by atoms with Crippen LogP contribution in [-0.2, 0) is 19.2 Å². The van der Waals surface area contributed by atoms with E-state index in [4.69, 9.17) is 14.7 Å². The molecule has 3 aliphatic rings. The summed E-state index contributed by atoms with van der Waals surface area (Å²) in [6, 6.07) is 0. The second-order valence-electron chi connectivity index (χ2n) is 6.41. The molecule has 3 fully saturated rings. The van der Waals surface area contributed by atoms with E-state index in [9.17, 15) is 4.79 Å². The fourth-order valence-electron chi connectivity index (χ4n) is 4.06. The molecule has 3 rings (SSSR count). The van der Waals surface area contributed by atoms with Gasteiger partial charge < -0.3 is 9.47 Å². The zero-order valence-electron chi connectivity index (χ0n) is 13.1. The summed E-state index contributed by atoms with van der Waals surface area (Å²) < 4.78 is 11.4. The quantitative estimate of drug-likeness (QED) is 0.322. The van der Waals surface area contributed by atoms with Crippen LogP contribution in [0.3, 0.4) is 0 Å². The summed E-state index contributed by atoms with van der Waals surface area (Å²) in [5, 5.41) is 7.07. The SMILES string of the molecule is C=C1C(=O)OC2OC(C)CCC3C2C1CC[C@H]3C.COO. The van der Waals surface area contributed by atoms with Crippen LogP contribution in [0.25, 0.3) is 0 Å². The van der Waals surface area contributed by atoms with Crippen LogP contribution in [0.15, 0.2) is 12.2 Å². The predicted molar refractivity (Wildman–Crippen MR) is 77.3 cm³/mol. The Bertz CT molecular complexity index is 394. The minimum absolute atomic E-state index is 0.188. The lowest BCUT2D eigenvalue weighted by Crippen LogP contribution is -2.48. The van der Waals surface area contributed by atoms with Crippen LogP contribution < -0.4 is 0 Å². The molecule has 0 bridgehead atoms. The van der Waals surface area contributed by atoms with E-state index in [0.29, 0.717) is 23.3 Å². The van der Waals surface area contributed by atoms with Crippen molar-refractivity contribution in [3.05, 3.63) is 12.2 Å². The number of hydrogen-bond donors (Lipinski definition) is 1. The molecule has 6 atom stereocenters. The van der Waals surface area contributed by atoms with Gasteiger partial charge in [0.15, 0.2) is 0 Å². The smallest absolute Gasteiger partial charge is 0.336 e. The highest BCUT2D eigenvalue weighted by Gasteiger charge is 2.51. The van der Waals surface area contributed by atoms with Gasteiger partial charge in [-0.1, -0.05) is 13.5 Å². The highest BCUT2D eigenvalue weighted by atomic mass is 17.1. The minimum Gasteiger partial charge on any atom is -0.432 e. The average molecular weight is 298 g/mol. The first-order valence-corrected chi connectivity index (χ1v) is 7.72. The van der Waals surface area contributed by atoms with Gasteiger partial charge in [0.05, 0.1) is 13.2 Å². The molecule has 5 unspecified atom stereocenters. The molecule has 0 amide bonds. The Labute approximate surface area is 126 Å². The summed E-state index contributed by atoms with van der Waals surface area (Å²) >= 11 is 0. The first kappa shape index (κ1) is 16.5. The molecule has 5 heteroatoms. The van der Waals surface area contributed by atoms with Crippen molar-refractivity contribution in [1.82, 2.24) is 0 Å². The van der Waals surface area contributed by atoms with Gasteiger partial charge >= 0.3 is 5.97 Å². The number of hydrogen-bond acceptors (Lipinski definition) is 5. The molecule has 0 aromatic rings. The summed E-state index contributed by atoms with van der Waals surface area (Å²) in [6.45, 7) is 8.36. The third-order valence-corrected chi connectivity index (χ3v) is 5.14. The molecule has 120 valence electrons. The van der Waals surface area contributed by atoms with E-state index >= 15 is 0 Å². The second-order valence-corrected chi connectivity index (χ2v) is 6.41. The van der Waals surface area contributed by atoms with Gasteiger partial charge in [-0.2, -0.15) is 0 Å². The van der Waals surface area contributed by atoms with Crippen molar-refractivity contribution in [2.75, 3.05) is 7.11 Å². The maximum atomic E-state index is 11.8. The molecular formula is C16H26O5. The maximum absolute atomic E-state index is 11.8. The van der Waals surface area contributed by atoms with E-state index in [-0.39, 0.29) is 24.3 Å². The first-order valence-electron chi connectivity index (χ1n) is 7.72. The zero-order valence-corrected chi connectivity index (χ0v) is 13.1. The summed E-state index contributed by atoms with van der Waals surface area (Å²) in [5.41, 5.74) is 0.673. The Balaban J connectivity index is 0.000000497. The van der Waals surface area contributed by atoms with Crippen molar-refractivity contribution in [2.24, 2.45) is 23.7 Å². The molecule has 2 aliphatic heterocycles. The Morgan fingerprint density at radius 1 is 1.24 bits per heavy atom. The number of ether oxygens (including phenoxy) is 2. The van der Waals surface area contributed by atoms with Crippen LogP contribution >= 0.6 is 0 Å². The van der Waals surface area contributed by atoms with Gasteiger partial charge in [0.2, 0.25) is 6.29 Å². The van der Waals surface area contributed by atoms with Crippen molar-refractivity contribution in [3.8, 4) is 0 Å². The molecule has 21 heavy (non-hydrogen) atoms. The van der Waals surface area contributed by atoms with E-state index in [1.165, 1.54) is 20.0 Å². The predicted octanol–water partition coefficient (Wildman–Crippen LogP) is 3.01. The molecule has 1 saturated carbocycles. The molecule has 0 radical (unpaired) electrons. The van der Waals surface area contributed by atoms with Gasteiger partial charge in [-0.25, -0.2) is 9.68 Å². The van der Waals surface area contributed by atoms with Crippen LogP contribution in [0.2, 0.25) is 0 Å². The van der Waals surface area contributed by atoms with E-state index in [1.807, 2.05) is 0 Å². The Morgan fingerprint density at radius 2 is 1.90 bits per heavy atom. The number of carbonyl (C=O) groups excluding carboxylic acids is 1. The third-order valence-electron chi connectivity index (χ3n) is 5.14. The van der Waals surface area contributed by atoms with Crippen molar-refractivity contribution >= 4 is 5.97 Å². The van der Waals surface area contributed by atoms with Crippen LogP contribution in [0.1, 0.15) is 39.5 Å². The largest absolute Gasteiger partial charge is 0.432 e. The molecule has 0 aromatic heterocycles. The lowest BCUT2D eigenvalue weighted by molar-refractivity contribution is -0.220. The second kappa shape index (κ2) is 6.90. The van der Waals surface area contributed by atoms with Gasteiger partial charge in [-0.3, -0.25) is 5.26 Å². The topological polar surface area (TPSA) is 65.0 Å². The van der Waals surface area contributed by atoms with Gasteiger partial charge in [0, 0.05) is 11.5 Å². The van der Waals surface area contributed by atoms with Crippen molar-refractivity contribution in [2.45, 2.75) is 51.9 Å². The summed E-state index contributed by atoms with van der Waals surface area (Å²) in [5.74, 6) is 1.69. The zero-order chi connectivity index (χ0) is 15.6. The molecular weight excluding hydrogens is 272 g/mol. The van der Waals surface area contributed by atoms with Crippen LogP contribution in [0.4, 0.5) is 0 Å². The van der Waals surface area contributed by atoms with Crippen molar-refractivity contribution in [3.63, 3.8) is 0 Å². The van der Waals surface area contributed by atoms with Gasteiger partial charge in [-0.05, 0) is 50.4 Å². The number of rotatable bonds is 0. The van der Waals surface area contributed by atoms with Crippen LogP contribution in [0, 0.1) is 23.7 Å². The van der Waals surface area contributed by atoms with E-state index in [1.54, 1.807) is 0 Å². The monoisotopic (exact) mass is 298 g/mol. The number of esters is 1. The Hall–Kier alpha value is -0.910. The molecule has 0 spiro atoms. The minimum atomic E-state index is -0.335. The Morgan fingerprint density at radius 3 is 2.57 bits per heavy atom. The summed E-state index contributed by atoms with van der Waals surface area (Å²) in [4.78, 5) is 15.1. The van der Waals surface area contributed by atoms with Crippen LogP contribution in [-0.4, -0.2) is 30.7 Å². The van der Waals surface area contributed by atoms with Crippen molar-refractivity contribution < 1.29 is 24.4 Å². The molecule has 0 aromatic carbocycles. The van der Waals surface area contributed by atoms with Gasteiger partial charge in [-0.15, -0.1) is 0 Å². The molecule has 2 heterocycles. The highest BCUT2D eigenvalue weighted by molar-refractivity contribution is 5.89. The first-order chi connectivity index (χ1) is 9.99. The normalized spacial score (nSPS) is 42.1. The lowest BCUT2D eigenvalue weighted by atomic mass is 9.63. The Kier molecular flexibility index (Phi) is 5.41. The van der Waals surface area contributed by atoms with Crippen LogP contribution in [0.5, 0.6) is 0 Å². The maximum Gasteiger partial charge on any atom is 0.336 e. The fourth-order valence-corrected chi connectivity index (χ4v) is 4.06. The van der Waals surface area contributed by atoms with Gasteiger partial charge in [0.25, 0.3) is 0 Å². The molecule has 2 saturated heterocycles. The molecule has 1 aliphatic carbocycles. The third kappa shape index (κ3) is 3.30. The molecule has 1 N–H and O–H groups in total. The summed E-state index contributed by atoms with van der Waals surface area (Å²) in [7, 11) is 1.18. The van der Waals surface area contributed by atoms with Gasteiger partial charge in [0.1, 0.15) is 0 Å². The number of carbonyl (C=O) groups is 1. The molecule has 5 nitrogen and oxygen atoms in total. The lowest BCUT2D eigenvalue weighted by Gasteiger charge is -2.46. The average Bonchev–Trinajstić information content (AvgIpc) is 2.59. The van der Waals surface area contributed by atoms with E-state index in [2.05, 4.69) is 25.3 Å².